The highest BCUT2D eigenvalue weighted by Gasteiger charge is 2.12. The first-order chi connectivity index (χ1) is 14.6. The summed E-state index contributed by atoms with van der Waals surface area (Å²) in [5.41, 5.74) is 1.98. The van der Waals surface area contributed by atoms with Crippen LogP contribution < -0.4 is 14.8 Å². The fourth-order valence-electron chi connectivity index (χ4n) is 2.88. The number of nitrogens with zero attached hydrogens (tertiary/aromatic N) is 3. The van der Waals surface area contributed by atoms with Crippen LogP contribution in [0.1, 0.15) is 17.0 Å². The molecule has 7 nitrogen and oxygen atoms in total. The molecular weight excluding hydrogens is 400 g/mol. The monoisotopic (exact) mass is 424 g/mol. The van der Waals surface area contributed by atoms with Crippen molar-refractivity contribution in [3.8, 4) is 11.5 Å². The van der Waals surface area contributed by atoms with Crippen LogP contribution in [0.15, 0.2) is 59.8 Å². The van der Waals surface area contributed by atoms with E-state index in [9.17, 15) is 4.79 Å². The number of hydrogen-bond acceptors (Lipinski definition) is 6. The normalized spacial score (nSPS) is 10.9. The van der Waals surface area contributed by atoms with E-state index in [0.717, 1.165) is 16.3 Å². The van der Waals surface area contributed by atoms with Crippen molar-refractivity contribution >= 4 is 23.7 Å². The standard InChI is InChI=1S/C22H24N4O3S/c1-28-18-11-9-16(13-19(18)29-2)10-12-21(27)23-14-20-24-25-22(30-3)26(20)15-17-7-5-4-6-8-17/h4-13H,14-15H2,1-3H3,(H,23,27). The van der Waals surface area contributed by atoms with E-state index in [1.807, 2.05) is 41.2 Å². The van der Waals surface area contributed by atoms with Gasteiger partial charge in [0.15, 0.2) is 22.5 Å². The van der Waals surface area contributed by atoms with Crippen molar-refractivity contribution in [3.05, 3.63) is 71.6 Å². The average molecular weight is 425 g/mol. The van der Waals surface area contributed by atoms with Crippen LogP contribution >= 0.6 is 11.8 Å². The number of benzene rings is 2. The van der Waals surface area contributed by atoms with Crippen LogP contribution in [0.2, 0.25) is 0 Å². The zero-order valence-corrected chi connectivity index (χ0v) is 18.0. The van der Waals surface area contributed by atoms with Crippen LogP contribution in [0.4, 0.5) is 0 Å². The number of carbonyl (C=O) groups is 1. The van der Waals surface area contributed by atoms with Gasteiger partial charge in [-0.05, 0) is 35.6 Å². The molecule has 0 atom stereocenters. The second kappa shape index (κ2) is 10.5. The molecule has 0 aliphatic heterocycles. The van der Waals surface area contributed by atoms with Gasteiger partial charge in [0.05, 0.1) is 27.3 Å². The quantitative estimate of drug-likeness (QED) is 0.419. The van der Waals surface area contributed by atoms with Gasteiger partial charge >= 0.3 is 0 Å². The van der Waals surface area contributed by atoms with Gasteiger partial charge < -0.3 is 19.4 Å². The summed E-state index contributed by atoms with van der Waals surface area (Å²) in [6.07, 6.45) is 5.16. The van der Waals surface area contributed by atoms with Gasteiger partial charge in [-0.3, -0.25) is 4.79 Å². The van der Waals surface area contributed by atoms with Gasteiger partial charge in [-0.25, -0.2) is 0 Å². The molecule has 0 unspecified atom stereocenters. The SMILES string of the molecule is COc1ccc(C=CC(=O)NCc2nnc(SC)n2Cc2ccccc2)cc1OC. The van der Waals surface area contributed by atoms with Gasteiger partial charge in [-0.1, -0.05) is 48.2 Å². The number of ether oxygens (including phenoxy) is 2. The maximum Gasteiger partial charge on any atom is 0.244 e. The van der Waals surface area contributed by atoms with Gasteiger partial charge in [-0.2, -0.15) is 0 Å². The maximum atomic E-state index is 12.3. The first-order valence-electron chi connectivity index (χ1n) is 9.32. The summed E-state index contributed by atoms with van der Waals surface area (Å²) in [6.45, 7) is 0.937. The zero-order valence-electron chi connectivity index (χ0n) is 17.2. The molecule has 1 aromatic heterocycles. The van der Waals surface area contributed by atoms with Gasteiger partial charge in [0.1, 0.15) is 0 Å². The van der Waals surface area contributed by atoms with Gasteiger partial charge in [0, 0.05) is 6.08 Å². The number of aromatic nitrogens is 3. The minimum Gasteiger partial charge on any atom is -0.493 e. The van der Waals surface area contributed by atoms with Crippen molar-refractivity contribution in [1.82, 2.24) is 20.1 Å². The summed E-state index contributed by atoms with van der Waals surface area (Å²) < 4.78 is 12.5. The van der Waals surface area contributed by atoms with E-state index < -0.39 is 0 Å². The molecule has 0 aliphatic rings. The van der Waals surface area contributed by atoms with E-state index in [4.69, 9.17) is 9.47 Å². The number of hydrogen-bond donors (Lipinski definition) is 1. The average Bonchev–Trinajstić information content (AvgIpc) is 3.18. The molecule has 1 amide bonds. The van der Waals surface area contributed by atoms with E-state index in [1.54, 1.807) is 26.4 Å². The van der Waals surface area contributed by atoms with E-state index in [1.165, 1.54) is 17.8 Å². The third-order valence-corrected chi connectivity index (χ3v) is 5.08. The summed E-state index contributed by atoms with van der Waals surface area (Å²) in [4.78, 5) is 12.3. The molecule has 8 heteroatoms. The Balaban J connectivity index is 1.65. The Morgan fingerprint density at radius 3 is 2.57 bits per heavy atom. The number of methoxy groups -OCH3 is 2. The Kier molecular flexibility index (Phi) is 7.51. The third kappa shape index (κ3) is 5.42. The Morgan fingerprint density at radius 1 is 1.10 bits per heavy atom. The molecule has 1 heterocycles. The lowest BCUT2D eigenvalue weighted by Gasteiger charge is -2.10. The molecular formula is C22H24N4O3S. The van der Waals surface area contributed by atoms with Crippen LogP contribution in [0.5, 0.6) is 11.5 Å². The van der Waals surface area contributed by atoms with Crippen molar-refractivity contribution in [2.45, 2.75) is 18.2 Å². The van der Waals surface area contributed by atoms with E-state index >= 15 is 0 Å². The molecule has 0 saturated heterocycles. The highest BCUT2D eigenvalue weighted by Crippen LogP contribution is 2.27. The molecule has 3 aromatic rings. The zero-order chi connectivity index (χ0) is 21.3. The maximum absolute atomic E-state index is 12.3. The number of amides is 1. The highest BCUT2D eigenvalue weighted by atomic mass is 32.2. The summed E-state index contributed by atoms with van der Waals surface area (Å²) in [6, 6.07) is 15.5. The van der Waals surface area contributed by atoms with Crippen molar-refractivity contribution < 1.29 is 14.3 Å². The van der Waals surface area contributed by atoms with E-state index in [-0.39, 0.29) is 12.5 Å². The van der Waals surface area contributed by atoms with Crippen LogP contribution in [0.25, 0.3) is 6.08 Å². The number of thioether (sulfide) groups is 1. The fraction of sp³-hybridized carbons (Fsp3) is 0.227. The smallest absolute Gasteiger partial charge is 0.244 e. The van der Waals surface area contributed by atoms with Crippen molar-refractivity contribution in [3.63, 3.8) is 0 Å². The molecule has 1 N–H and O–H groups in total. The topological polar surface area (TPSA) is 78.3 Å². The van der Waals surface area contributed by atoms with Crippen LogP contribution in [0, 0.1) is 0 Å². The van der Waals surface area contributed by atoms with Crippen LogP contribution in [-0.2, 0) is 17.9 Å². The van der Waals surface area contributed by atoms with Gasteiger partial charge in [-0.15, -0.1) is 10.2 Å². The molecule has 156 valence electrons. The summed E-state index contributed by atoms with van der Waals surface area (Å²) in [5.74, 6) is 1.74. The second-order valence-electron chi connectivity index (χ2n) is 6.34. The number of carbonyl (C=O) groups excluding carboxylic acids is 1. The number of rotatable bonds is 9. The van der Waals surface area contributed by atoms with Crippen molar-refractivity contribution in [1.29, 1.82) is 0 Å². The molecule has 0 fully saturated rings. The molecule has 0 saturated carbocycles. The Bertz CT molecular complexity index is 1020. The predicted octanol–water partition coefficient (Wildman–Crippen LogP) is 3.40. The summed E-state index contributed by atoms with van der Waals surface area (Å²) in [7, 11) is 3.16. The minimum atomic E-state index is -0.218. The predicted molar refractivity (Wildman–Crippen MR) is 118 cm³/mol. The first kappa shape index (κ1) is 21.4. The molecule has 30 heavy (non-hydrogen) atoms. The first-order valence-corrected chi connectivity index (χ1v) is 10.5. The molecule has 2 aromatic carbocycles. The Labute approximate surface area is 180 Å². The molecule has 0 bridgehead atoms. The van der Waals surface area contributed by atoms with Crippen molar-refractivity contribution in [2.24, 2.45) is 0 Å². The summed E-state index contributed by atoms with van der Waals surface area (Å²) in [5, 5.41) is 12.1. The molecule has 0 radical (unpaired) electrons. The van der Waals surface area contributed by atoms with Gasteiger partial charge in [0.25, 0.3) is 0 Å². The largest absolute Gasteiger partial charge is 0.493 e. The Hall–Kier alpha value is -3.26. The van der Waals surface area contributed by atoms with Crippen LogP contribution in [-0.4, -0.2) is 41.1 Å². The number of nitrogens with one attached hydrogen (secondary N) is 1. The molecule has 0 spiro atoms. The Morgan fingerprint density at radius 2 is 1.87 bits per heavy atom. The summed E-state index contributed by atoms with van der Waals surface area (Å²) >= 11 is 1.52. The van der Waals surface area contributed by atoms with Crippen molar-refractivity contribution in [2.75, 3.05) is 20.5 Å². The minimum absolute atomic E-state index is 0.218. The lowest BCUT2D eigenvalue weighted by Crippen LogP contribution is -2.23. The fourth-order valence-corrected chi connectivity index (χ4v) is 3.39. The van der Waals surface area contributed by atoms with E-state index in [2.05, 4.69) is 27.6 Å². The highest BCUT2D eigenvalue weighted by molar-refractivity contribution is 7.98. The molecule has 0 aliphatic carbocycles. The van der Waals surface area contributed by atoms with Gasteiger partial charge in [0.2, 0.25) is 5.91 Å². The third-order valence-electron chi connectivity index (χ3n) is 4.42. The lowest BCUT2D eigenvalue weighted by atomic mass is 10.2. The van der Waals surface area contributed by atoms with E-state index in [0.29, 0.717) is 23.9 Å². The second-order valence-corrected chi connectivity index (χ2v) is 7.11. The van der Waals surface area contributed by atoms with Crippen LogP contribution in [0.3, 0.4) is 0 Å². The lowest BCUT2D eigenvalue weighted by molar-refractivity contribution is -0.116. The molecule has 3 rings (SSSR count).